The molecule has 0 fully saturated rings. The van der Waals surface area contributed by atoms with Crippen molar-refractivity contribution < 1.29 is 9.53 Å². The Morgan fingerprint density at radius 1 is 0.897 bits per heavy atom. The average Bonchev–Trinajstić information content (AvgIpc) is 2.69. The van der Waals surface area contributed by atoms with Crippen molar-refractivity contribution in [1.82, 2.24) is 5.32 Å². The summed E-state index contributed by atoms with van der Waals surface area (Å²) >= 11 is 0. The van der Waals surface area contributed by atoms with Gasteiger partial charge in [-0.25, -0.2) is 0 Å². The molecule has 0 heterocycles. The van der Waals surface area contributed by atoms with Crippen molar-refractivity contribution in [3.8, 4) is 0 Å². The van der Waals surface area contributed by atoms with E-state index in [9.17, 15) is 4.79 Å². The van der Waals surface area contributed by atoms with Crippen LogP contribution in [0, 0.1) is 0 Å². The Kier molecular flexibility index (Phi) is 7.05. The summed E-state index contributed by atoms with van der Waals surface area (Å²) in [6, 6.07) is 25.6. The summed E-state index contributed by atoms with van der Waals surface area (Å²) in [5.41, 5.74) is 2.08. The number of carbonyl (C=O) groups excluding carboxylic acids is 1. The van der Waals surface area contributed by atoms with Gasteiger partial charge >= 0.3 is 5.97 Å². The van der Waals surface area contributed by atoms with Gasteiger partial charge in [0.2, 0.25) is 0 Å². The molecule has 0 saturated heterocycles. The Morgan fingerprint density at radius 3 is 2.31 bits per heavy atom. The number of ether oxygens (including phenoxy) is 1. The summed E-state index contributed by atoms with van der Waals surface area (Å²) < 4.78 is 5.48. The van der Waals surface area contributed by atoms with Crippen molar-refractivity contribution in [2.24, 2.45) is 0 Å². The van der Waals surface area contributed by atoms with Crippen molar-refractivity contribution in [3.05, 3.63) is 83.9 Å². The first kappa shape index (κ1) is 21.1. The fourth-order valence-electron chi connectivity index (χ4n) is 3.47. The monoisotopic (exact) mass is 389 g/mol. The third-order valence-corrected chi connectivity index (χ3v) is 4.85. The Hall–Kier alpha value is -2.65. The van der Waals surface area contributed by atoms with Crippen LogP contribution in [0.2, 0.25) is 0 Å². The molecule has 3 heteroatoms. The van der Waals surface area contributed by atoms with Crippen molar-refractivity contribution in [2.45, 2.75) is 58.2 Å². The van der Waals surface area contributed by atoms with Crippen molar-refractivity contribution >= 4 is 16.7 Å². The minimum Gasteiger partial charge on any atom is -0.460 e. The number of hydrogen-bond acceptors (Lipinski definition) is 3. The average molecular weight is 390 g/mol. The minimum atomic E-state index is -0.440. The molecule has 29 heavy (non-hydrogen) atoms. The molecule has 3 nitrogen and oxygen atoms in total. The molecule has 0 saturated carbocycles. The second-order valence-corrected chi connectivity index (χ2v) is 8.57. The molecule has 0 amide bonds. The number of hydrogen-bond donors (Lipinski definition) is 1. The van der Waals surface area contributed by atoms with Gasteiger partial charge in [0.1, 0.15) is 5.60 Å². The van der Waals surface area contributed by atoms with Crippen LogP contribution in [0.25, 0.3) is 10.8 Å². The van der Waals surface area contributed by atoms with Crippen molar-refractivity contribution in [3.63, 3.8) is 0 Å². The summed E-state index contributed by atoms with van der Waals surface area (Å²) in [5, 5.41) is 6.16. The maximum atomic E-state index is 12.2. The van der Waals surface area contributed by atoms with Crippen LogP contribution in [0.15, 0.2) is 72.8 Å². The van der Waals surface area contributed by atoms with E-state index in [4.69, 9.17) is 4.74 Å². The van der Waals surface area contributed by atoms with E-state index >= 15 is 0 Å². The Labute approximate surface area is 174 Å². The van der Waals surface area contributed by atoms with Crippen LogP contribution in [0.4, 0.5) is 0 Å². The number of esters is 1. The van der Waals surface area contributed by atoms with Gasteiger partial charge in [0.25, 0.3) is 0 Å². The van der Waals surface area contributed by atoms with E-state index in [1.807, 2.05) is 26.8 Å². The summed E-state index contributed by atoms with van der Waals surface area (Å²) in [6.07, 6.45) is 2.05. The van der Waals surface area contributed by atoms with E-state index < -0.39 is 5.60 Å². The highest BCUT2D eigenvalue weighted by molar-refractivity contribution is 5.82. The second kappa shape index (κ2) is 9.71. The van der Waals surface area contributed by atoms with Gasteiger partial charge in [-0.3, -0.25) is 4.79 Å². The minimum absolute atomic E-state index is 0.136. The summed E-state index contributed by atoms with van der Waals surface area (Å²) in [4.78, 5) is 12.2. The lowest BCUT2D eigenvalue weighted by Gasteiger charge is -2.22. The van der Waals surface area contributed by atoms with Crippen LogP contribution in [0.3, 0.4) is 0 Å². The number of fused-ring (bicyclic) bond motifs is 1. The Morgan fingerprint density at radius 2 is 1.59 bits per heavy atom. The second-order valence-electron chi connectivity index (χ2n) is 8.57. The SMILES string of the molecule is CC(C)(C)OC(=O)CCC(Cc1ccccc1)NCc1ccc2ccccc2c1. The van der Waals surface area contributed by atoms with Gasteiger partial charge in [-0.15, -0.1) is 0 Å². The zero-order valence-corrected chi connectivity index (χ0v) is 17.7. The van der Waals surface area contributed by atoms with Crippen LogP contribution in [0.5, 0.6) is 0 Å². The third kappa shape index (κ3) is 7.03. The maximum Gasteiger partial charge on any atom is 0.306 e. The lowest BCUT2D eigenvalue weighted by atomic mass is 10.0. The van der Waals surface area contributed by atoms with Crippen LogP contribution in [0.1, 0.15) is 44.7 Å². The molecular weight excluding hydrogens is 358 g/mol. The summed E-state index contributed by atoms with van der Waals surface area (Å²) in [5.74, 6) is -0.136. The summed E-state index contributed by atoms with van der Waals surface area (Å²) in [7, 11) is 0. The fraction of sp³-hybridized carbons (Fsp3) is 0.346. The molecule has 152 valence electrons. The van der Waals surface area contributed by atoms with E-state index in [0.29, 0.717) is 6.42 Å². The van der Waals surface area contributed by atoms with E-state index in [0.717, 1.165) is 19.4 Å². The molecule has 1 unspecified atom stereocenters. The molecule has 0 aromatic heterocycles. The molecule has 3 aromatic rings. The number of nitrogens with one attached hydrogen (secondary N) is 1. The van der Waals surface area contributed by atoms with Crippen LogP contribution in [-0.2, 0) is 22.5 Å². The van der Waals surface area contributed by atoms with Crippen LogP contribution < -0.4 is 5.32 Å². The molecule has 1 atom stereocenters. The highest BCUT2D eigenvalue weighted by Gasteiger charge is 2.18. The molecular formula is C26H31NO2. The number of carbonyl (C=O) groups is 1. The number of rotatable bonds is 8. The third-order valence-electron chi connectivity index (χ3n) is 4.85. The lowest BCUT2D eigenvalue weighted by molar-refractivity contribution is -0.155. The number of benzene rings is 3. The molecule has 0 spiro atoms. The van der Waals surface area contributed by atoms with Gasteiger partial charge in [-0.1, -0.05) is 66.7 Å². The zero-order chi connectivity index (χ0) is 20.7. The molecule has 0 aliphatic carbocycles. The molecule has 0 bridgehead atoms. The van der Waals surface area contributed by atoms with Crippen molar-refractivity contribution in [1.29, 1.82) is 0 Å². The topological polar surface area (TPSA) is 38.3 Å². The highest BCUT2D eigenvalue weighted by Crippen LogP contribution is 2.17. The highest BCUT2D eigenvalue weighted by atomic mass is 16.6. The normalized spacial score (nSPS) is 12.7. The van der Waals surface area contributed by atoms with Gasteiger partial charge < -0.3 is 10.1 Å². The Balaban J connectivity index is 1.64. The molecule has 0 aliphatic heterocycles. The van der Waals surface area contributed by atoms with Gasteiger partial charge in [0, 0.05) is 19.0 Å². The molecule has 0 radical (unpaired) electrons. The largest absolute Gasteiger partial charge is 0.460 e. The van der Waals surface area contributed by atoms with Crippen LogP contribution >= 0.6 is 0 Å². The van der Waals surface area contributed by atoms with Crippen molar-refractivity contribution in [2.75, 3.05) is 0 Å². The van der Waals surface area contributed by atoms with Gasteiger partial charge in [0.15, 0.2) is 0 Å². The predicted molar refractivity (Wildman–Crippen MR) is 120 cm³/mol. The Bertz CT molecular complexity index is 928. The maximum absolute atomic E-state index is 12.2. The zero-order valence-electron chi connectivity index (χ0n) is 17.7. The summed E-state index contributed by atoms with van der Waals surface area (Å²) in [6.45, 7) is 6.50. The van der Waals surface area contributed by atoms with E-state index in [1.165, 1.54) is 21.9 Å². The van der Waals surface area contributed by atoms with Gasteiger partial charge in [-0.2, -0.15) is 0 Å². The van der Waals surface area contributed by atoms with Gasteiger partial charge in [-0.05, 0) is 61.6 Å². The standard InChI is InChI=1S/C26H31NO2/c1-26(2,3)29-25(28)16-15-24(18-20-9-5-4-6-10-20)27-19-21-13-14-22-11-7-8-12-23(22)17-21/h4-14,17,24,27H,15-16,18-19H2,1-3H3. The lowest BCUT2D eigenvalue weighted by Crippen LogP contribution is -2.32. The van der Waals surface area contributed by atoms with E-state index in [-0.39, 0.29) is 12.0 Å². The van der Waals surface area contributed by atoms with Crippen LogP contribution in [-0.4, -0.2) is 17.6 Å². The first-order valence-electron chi connectivity index (χ1n) is 10.4. The predicted octanol–water partition coefficient (Wildman–Crippen LogP) is 5.66. The van der Waals surface area contributed by atoms with Gasteiger partial charge in [0.05, 0.1) is 0 Å². The molecule has 3 rings (SSSR count). The first-order valence-corrected chi connectivity index (χ1v) is 10.4. The molecule has 0 aliphatic rings. The van der Waals surface area contributed by atoms with E-state index in [1.54, 1.807) is 0 Å². The van der Waals surface area contributed by atoms with E-state index in [2.05, 4.69) is 72.0 Å². The fourth-order valence-corrected chi connectivity index (χ4v) is 3.47. The first-order chi connectivity index (χ1) is 13.9. The molecule has 3 aromatic carbocycles. The molecule has 1 N–H and O–H groups in total. The quantitative estimate of drug-likeness (QED) is 0.505. The smallest absolute Gasteiger partial charge is 0.306 e.